The van der Waals surface area contributed by atoms with Crippen LogP contribution in [0.1, 0.15) is 43.1 Å². The Bertz CT molecular complexity index is 383. The minimum atomic E-state index is 0.609. The molecule has 0 aliphatic heterocycles. The van der Waals surface area contributed by atoms with Gasteiger partial charge in [0.25, 0.3) is 0 Å². The first-order chi connectivity index (χ1) is 7.85. The first kappa shape index (κ1) is 10.0. The molecule has 2 saturated carbocycles. The molecule has 0 unspecified atom stereocenters. The minimum absolute atomic E-state index is 0.609. The molecule has 1 aromatic rings. The van der Waals surface area contributed by atoms with E-state index in [1.54, 1.807) is 0 Å². The molecule has 16 heavy (non-hydrogen) atoms. The van der Waals surface area contributed by atoms with Gasteiger partial charge in [-0.25, -0.2) is 9.97 Å². The molecule has 3 N–H and O–H groups in total. The van der Waals surface area contributed by atoms with Crippen LogP contribution >= 0.6 is 0 Å². The third-order valence-electron chi connectivity index (χ3n) is 3.07. The summed E-state index contributed by atoms with van der Waals surface area (Å²) in [6.07, 6.45) is 5.88. The summed E-state index contributed by atoms with van der Waals surface area (Å²) in [5.41, 5.74) is 6.67. The molecule has 0 atom stereocenters. The largest absolute Gasteiger partial charge is 0.367 e. The second-order valence-corrected chi connectivity index (χ2v) is 4.83. The van der Waals surface area contributed by atoms with Gasteiger partial charge in [0.05, 0.1) is 0 Å². The van der Waals surface area contributed by atoms with Gasteiger partial charge in [-0.2, -0.15) is 0 Å². The Labute approximate surface area is 95.7 Å². The highest BCUT2D eigenvalue weighted by Gasteiger charge is 2.28. The van der Waals surface area contributed by atoms with Crippen LogP contribution in [0.5, 0.6) is 0 Å². The van der Waals surface area contributed by atoms with Crippen LogP contribution in [0.3, 0.4) is 0 Å². The monoisotopic (exact) mass is 218 g/mol. The van der Waals surface area contributed by atoms with Gasteiger partial charge in [0, 0.05) is 30.1 Å². The van der Waals surface area contributed by atoms with Gasteiger partial charge in [-0.05, 0) is 32.2 Å². The molecule has 3 rings (SSSR count). The maximum Gasteiger partial charge on any atom is 0.134 e. The Balaban J connectivity index is 1.83. The summed E-state index contributed by atoms with van der Waals surface area (Å²) in [6.45, 7) is 0.657. The van der Waals surface area contributed by atoms with Gasteiger partial charge >= 0.3 is 0 Å². The second kappa shape index (κ2) is 4.01. The third-order valence-corrected chi connectivity index (χ3v) is 3.07. The summed E-state index contributed by atoms with van der Waals surface area (Å²) in [6, 6.07) is 2.70. The van der Waals surface area contributed by atoms with Crippen molar-refractivity contribution in [3.05, 3.63) is 17.6 Å². The molecule has 86 valence electrons. The molecule has 0 radical (unpaired) electrons. The Hall–Kier alpha value is -1.16. The Kier molecular flexibility index (Phi) is 2.52. The van der Waals surface area contributed by atoms with E-state index in [0.29, 0.717) is 18.5 Å². The molecule has 1 aromatic heterocycles. The zero-order valence-electron chi connectivity index (χ0n) is 9.45. The topological polar surface area (TPSA) is 63.8 Å². The fourth-order valence-corrected chi connectivity index (χ4v) is 1.83. The summed E-state index contributed by atoms with van der Waals surface area (Å²) in [7, 11) is 0. The van der Waals surface area contributed by atoms with Crippen molar-refractivity contribution in [2.24, 2.45) is 5.73 Å². The SMILES string of the molecule is NCCc1cc(NC2CC2)nc(C2CC2)n1. The van der Waals surface area contributed by atoms with Gasteiger partial charge in [0.15, 0.2) is 0 Å². The average molecular weight is 218 g/mol. The van der Waals surface area contributed by atoms with Crippen molar-refractivity contribution >= 4 is 5.82 Å². The Morgan fingerprint density at radius 1 is 1.25 bits per heavy atom. The zero-order valence-corrected chi connectivity index (χ0v) is 9.45. The van der Waals surface area contributed by atoms with Crippen LogP contribution in [0, 0.1) is 0 Å². The number of anilines is 1. The standard InChI is InChI=1S/C12H18N4/c13-6-5-10-7-11(14-9-3-4-9)16-12(15-10)8-1-2-8/h7-9H,1-6,13H2,(H,14,15,16). The first-order valence-corrected chi connectivity index (χ1v) is 6.19. The molecule has 0 spiro atoms. The predicted molar refractivity (Wildman–Crippen MR) is 63.4 cm³/mol. The summed E-state index contributed by atoms with van der Waals surface area (Å²) >= 11 is 0. The predicted octanol–water partition coefficient (Wildman–Crippen LogP) is 1.43. The van der Waals surface area contributed by atoms with Gasteiger partial charge < -0.3 is 11.1 Å². The molecule has 0 amide bonds. The quantitative estimate of drug-likeness (QED) is 0.784. The van der Waals surface area contributed by atoms with E-state index < -0.39 is 0 Å². The van der Waals surface area contributed by atoms with Crippen LogP contribution in [0.25, 0.3) is 0 Å². The summed E-state index contributed by atoms with van der Waals surface area (Å²) in [5, 5.41) is 3.45. The van der Waals surface area contributed by atoms with Crippen molar-refractivity contribution < 1.29 is 0 Å². The van der Waals surface area contributed by atoms with Crippen LogP contribution in [-0.2, 0) is 6.42 Å². The van der Waals surface area contributed by atoms with Crippen LogP contribution in [0.2, 0.25) is 0 Å². The number of nitrogens with one attached hydrogen (secondary N) is 1. The number of hydrogen-bond acceptors (Lipinski definition) is 4. The first-order valence-electron chi connectivity index (χ1n) is 6.19. The van der Waals surface area contributed by atoms with E-state index in [2.05, 4.69) is 21.4 Å². The van der Waals surface area contributed by atoms with Crippen LogP contribution in [-0.4, -0.2) is 22.6 Å². The van der Waals surface area contributed by atoms with Crippen molar-refractivity contribution in [2.45, 2.75) is 44.1 Å². The van der Waals surface area contributed by atoms with Crippen LogP contribution in [0.15, 0.2) is 6.07 Å². The van der Waals surface area contributed by atoms with Crippen molar-refractivity contribution in [2.75, 3.05) is 11.9 Å². The number of nitrogens with two attached hydrogens (primary N) is 1. The van der Waals surface area contributed by atoms with E-state index >= 15 is 0 Å². The summed E-state index contributed by atoms with van der Waals surface area (Å²) in [5.74, 6) is 2.63. The van der Waals surface area contributed by atoms with Gasteiger partial charge in [-0.3, -0.25) is 0 Å². The van der Waals surface area contributed by atoms with E-state index in [1.807, 2.05) is 0 Å². The maximum atomic E-state index is 5.59. The van der Waals surface area contributed by atoms with Gasteiger partial charge in [-0.1, -0.05) is 0 Å². The number of rotatable bonds is 5. The fraction of sp³-hybridized carbons (Fsp3) is 0.667. The van der Waals surface area contributed by atoms with E-state index in [9.17, 15) is 0 Å². The minimum Gasteiger partial charge on any atom is -0.367 e. The van der Waals surface area contributed by atoms with Crippen LogP contribution < -0.4 is 11.1 Å². The highest BCUT2D eigenvalue weighted by Crippen LogP contribution is 2.38. The highest BCUT2D eigenvalue weighted by molar-refractivity contribution is 5.39. The molecule has 4 nitrogen and oxygen atoms in total. The fourth-order valence-electron chi connectivity index (χ4n) is 1.83. The molecule has 0 bridgehead atoms. The van der Waals surface area contributed by atoms with E-state index in [4.69, 9.17) is 5.73 Å². The summed E-state index contributed by atoms with van der Waals surface area (Å²) in [4.78, 5) is 9.18. The number of hydrogen-bond donors (Lipinski definition) is 2. The molecule has 2 aliphatic rings. The lowest BCUT2D eigenvalue weighted by Crippen LogP contribution is -2.10. The third kappa shape index (κ3) is 2.32. The van der Waals surface area contributed by atoms with Crippen molar-refractivity contribution in [1.29, 1.82) is 0 Å². The molecule has 2 aliphatic carbocycles. The van der Waals surface area contributed by atoms with Gasteiger partial charge in [0.1, 0.15) is 11.6 Å². The molecular formula is C12H18N4. The maximum absolute atomic E-state index is 5.59. The zero-order chi connectivity index (χ0) is 11.0. The van der Waals surface area contributed by atoms with Crippen LogP contribution in [0.4, 0.5) is 5.82 Å². The lowest BCUT2D eigenvalue weighted by molar-refractivity contribution is 0.847. The van der Waals surface area contributed by atoms with Gasteiger partial charge in [-0.15, -0.1) is 0 Å². The molecular weight excluding hydrogens is 200 g/mol. The van der Waals surface area contributed by atoms with E-state index in [1.165, 1.54) is 25.7 Å². The normalized spacial score (nSPS) is 19.8. The second-order valence-electron chi connectivity index (χ2n) is 4.83. The summed E-state index contributed by atoms with van der Waals surface area (Å²) < 4.78 is 0. The highest BCUT2D eigenvalue weighted by atomic mass is 15.1. The molecule has 4 heteroatoms. The molecule has 0 saturated heterocycles. The number of nitrogens with zero attached hydrogens (tertiary/aromatic N) is 2. The lowest BCUT2D eigenvalue weighted by Gasteiger charge is -2.08. The molecule has 1 heterocycles. The van der Waals surface area contributed by atoms with E-state index in [-0.39, 0.29) is 0 Å². The van der Waals surface area contributed by atoms with E-state index in [0.717, 1.165) is 23.8 Å². The number of aromatic nitrogens is 2. The smallest absolute Gasteiger partial charge is 0.134 e. The van der Waals surface area contributed by atoms with Gasteiger partial charge in [0.2, 0.25) is 0 Å². The molecule has 2 fully saturated rings. The Morgan fingerprint density at radius 3 is 2.69 bits per heavy atom. The lowest BCUT2D eigenvalue weighted by atomic mass is 10.2. The molecule has 0 aromatic carbocycles. The van der Waals surface area contributed by atoms with Crippen molar-refractivity contribution in [3.63, 3.8) is 0 Å². The van der Waals surface area contributed by atoms with Crippen molar-refractivity contribution in [1.82, 2.24) is 9.97 Å². The Morgan fingerprint density at radius 2 is 2.06 bits per heavy atom. The van der Waals surface area contributed by atoms with Crippen molar-refractivity contribution in [3.8, 4) is 0 Å². The average Bonchev–Trinajstić information content (AvgIpc) is 3.13.